The van der Waals surface area contributed by atoms with Gasteiger partial charge in [0.05, 0.1) is 29.2 Å². The number of nitrogens with zero attached hydrogens (tertiary/aromatic N) is 5. The van der Waals surface area contributed by atoms with Gasteiger partial charge in [0.1, 0.15) is 0 Å². The molecule has 1 aliphatic heterocycles. The van der Waals surface area contributed by atoms with Crippen LogP contribution in [-0.4, -0.2) is 88.2 Å². The predicted molar refractivity (Wildman–Crippen MR) is 137 cm³/mol. The first-order valence-corrected chi connectivity index (χ1v) is 13.1. The Morgan fingerprint density at radius 3 is 2.51 bits per heavy atom. The first-order valence-electron chi connectivity index (χ1n) is 11.9. The summed E-state index contributed by atoms with van der Waals surface area (Å²) >= 11 is 7.10. The molecule has 1 aliphatic carbocycles. The van der Waals surface area contributed by atoms with E-state index in [1.807, 2.05) is 7.05 Å². The van der Waals surface area contributed by atoms with Gasteiger partial charge in [-0.25, -0.2) is 15.0 Å². The number of amides is 4. The van der Waals surface area contributed by atoms with Gasteiger partial charge in [-0.1, -0.05) is 11.6 Å². The highest BCUT2D eigenvalue weighted by molar-refractivity contribution is 7.13. The molecule has 0 radical (unpaired) electrons. The fraction of sp³-hybridized carbons (Fsp3) is 0.522. The van der Waals surface area contributed by atoms with Crippen molar-refractivity contribution in [2.45, 2.75) is 44.3 Å². The van der Waals surface area contributed by atoms with Gasteiger partial charge < -0.3 is 20.4 Å². The molecule has 0 bridgehead atoms. The van der Waals surface area contributed by atoms with Crippen LogP contribution >= 0.6 is 22.9 Å². The van der Waals surface area contributed by atoms with Crippen LogP contribution in [0.15, 0.2) is 12.4 Å². The standard InChI is InChI=1S/C23H29ClN8O4S/c1-31(2)22(36)12-4-5-14(27-18(33)19(34)30-23-25-9-13(24)10-26-23)16(8-12)28-20(35)21-29-15-6-7-32(3)11-17(15)37-21/h9-10,12,14,16H,4-8,11H2,1-3H3,(H,27,33)(H,28,35)(H,25,26,30,34)/t12-,14-,16+/m0/s1. The van der Waals surface area contributed by atoms with Crippen LogP contribution in [0.3, 0.4) is 0 Å². The molecule has 12 nitrogen and oxygen atoms in total. The van der Waals surface area contributed by atoms with E-state index >= 15 is 0 Å². The maximum absolute atomic E-state index is 13.2. The normalized spacial score (nSPS) is 21.5. The van der Waals surface area contributed by atoms with Crippen molar-refractivity contribution in [3.8, 4) is 0 Å². The van der Waals surface area contributed by atoms with Crippen molar-refractivity contribution in [2.24, 2.45) is 5.92 Å². The lowest BCUT2D eigenvalue weighted by molar-refractivity contribution is -0.137. The number of thiazole rings is 1. The Kier molecular flexibility index (Phi) is 8.35. The van der Waals surface area contributed by atoms with Gasteiger partial charge in [-0.2, -0.15) is 0 Å². The third kappa shape index (κ3) is 6.59. The van der Waals surface area contributed by atoms with E-state index in [9.17, 15) is 19.2 Å². The minimum Gasteiger partial charge on any atom is -0.349 e. The Morgan fingerprint density at radius 1 is 1.08 bits per heavy atom. The van der Waals surface area contributed by atoms with Crippen LogP contribution in [-0.2, 0) is 27.3 Å². The van der Waals surface area contributed by atoms with Crippen molar-refractivity contribution in [3.05, 3.63) is 33.0 Å². The molecule has 1 saturated carbocycles. The van der Waals surface area contributed by atoms with Crippen molar-refractivity contribution < 1.29 is 19.2 Å². The Bertz CT molecular complexity index is 1190. The lowest BCUT2D eigenvalue weighted by atomic mass is 9.81. The molecule has 2 aliphatic rings. The second-order valence-corrected chi connectivity index (χ2v) is 11.0. The van der Waals surface area contributed by atoms with Crippen molar-refractivity contribution in [1.82, 2.24) is 35.4 Å². The molecule has 3 N–H and O–H groups in total. The van der Waals surface area contributed by atoms with Gasteiger partial charge in [-0.15, -0.1) is 11.3 Å². The molecule has 1 fully saturated rings. The number of anilines is 1. The van der Waals surface area contributed by atoms with Gasteiger partial charge >= 0.3 is 11.8 Å². The van der Waals surface area contributed by atoms with E-state index in [2.05, 4.69) is 35.8 Å². The molecular weight excluding hydrogens is 520 g/mol. The smallest absolute Gasteiger partial charge is 0.316 e. The zero-order chi connectivity index (χ0) is 26.7. The largest absolute Gasteiger partial charge is 0.349 e. The summed E-state index contributed by atoms with van der Waals surface area (Å²) < 4.78 is 0. The Balaban J connectivity index is 1.45. The molecule has 198 valence electrons. The summed E-state index contributed by atoms with van der Waals surface area (Å²) in [4.78, 5) is 67.9. The van der Waals surface area contributed by atoms with E-state index in [4.69, 9.17) is 11.6 Å². The number of halogens is 1. The summed E-state index contributed by atoms with van der Waals surface area (Å²) in [6, 6.07) is -1.12. The molecule has 37 heavy (non-hydrogen) atoms. The van der Waals surface area contributed by atoms with Crippen molar-refractivity contribution in [2.75, 3.05) is 33.0 Å². The average molecular weight is 549 g/mol. The van der Waals surface area contributed by atoms with Crippen LogP contribution in [0.2, 0.25) is 5.02 Å². The van der Waals surface area contributed by atoms with Gasteiger partial charge in [0.2, 0.25) is 11.9 Å². The van der Waals surface area contributed by atoms with Gasteiger partial charge in [0.15, 0.2) is 5.01 Å². The fourth-order valence-corrected chi connectivity index (χ4v) is 5.70. The van der Waals surface area contributed by atoms with Crippen LogP contribution in [0.1, 0.15) is 39.6 Å². The average Bonchev–Trinajstić information content (AvgIpc) is 3.29. The summed E-state index contributed by atoms with van der Waals surface area (Å²) in [6.45, 7) is 1.63. The lowest BCUT2D eigenvalue weighted by Gasteiger charge is -2.37. The summed E-state index contributed by atoms with van der Waals surface area (Å²) in [5.74, 6) is -2.63. The van der Waals surface area contributed by atoms with E-state index in [-0.39, 0.29) is 28.7 Å². The molecule has 0 spiro atoms. The summed E-state index contributed by atoms with van der Waals surface area (Å²) in [7, 11) is 5.39. The molecular formula is C23H29ClN8O4S. The lowest BCUT2D eigenvalue weighted by Crippen LogP contribution is -2.57. The summed E-state index contributed by atoms with van der Waals surface area (Å²) in [5.41, 5.74) is 0.934. The van der Waals surface area contributed by atoms with E-state index in [1.165, 1.54) is 28.6 Å². The highest BCUT2D eigenvalue weighted by Crippen LogP contribution is 2.28. The van der Waals surface area contributed by atoms with E-state index in [1.54, 1.807) is 14.1 Å². The number of aromatic nitrogens is 3. The maximum Gasteiger partial charge on any atom is 0.316 e. The zero-order valence-electron chi connectivity index (χ0n) is 20.8. The highest BCUT2D eigenvalue weighted by atomic mass is 35.5. The topological polar surface area (TPSA) is 150 Å². The molecule has 0 aromatic carbocycles. The van der Waals surface area contributed by atoms with E-state index in [0.717, 1.165) is 30.1 Å². The summed E-state index contributed by atoms with van der Waals surface area (Å²) in [5, 5.41) is 8.64. The van der Waals surface area contributed by atoms with Gasteiger partial charge in [-0.3, -0.25) is 24.5 Å². The number of hydrogen-bond donors (Lipinski definition) is 3. The van der Waals surface area contributed by atoms with Crippen LogP contribution in [0, 0.1) is 5.92 Å². The van der Waals surface area contributed by atoms with Crippen LogP contribution in [0.4, 0.5) is 5.95 Å². The van der Waals surface area contributed by atoms with Gasteiger partial charge in [-0.05, 0) is 26.3 Å². The number of nitrogens with one attached hydrogen (secondary N) is 3. The van der Waals surface area contributed by atoms with Crippen molar-refractivity contribution >= 4 is 52.5 Å². The fourth-order valence-electron chi connectivity index (χ4n) is 4.51. The number of carbonyl (C=O) groups is 4. The molecule has 4 rings (SSSR count). The molecule has 0 saturated heterocycles. The number of hydrogen-bond acceptors (Lipinski definition) is 9. The minimum absolute atomic E-state index is 0.0468. The molecule has 3 atom stereocenters. The number of likely N-dealkylation sites (N-methyl/N-ethyl adjacent to an activating group) is 1. The molecule has 0 unspecified atom stereocenters. The van der Waals surface area contributed by atoms with Crippen LogP contribution < -0.4 is 16.0 Å². The summed E-state index contributed by atoms with van der Waals surface area (Å²) in [6.07, 6.45) is 4.61. The van der Waals surface area contributed by atoms with Crippen LogP contribution in [0.5, 0.6) is 0 Å². The Morgan fingerprint density at radius 2 is 1.81 bits per heavy atom. The molecule has 2 aromatic heterocycles. The van der Waals surface area contributed by atoms with Crippen molar-refractivity contribution in [3.63, 3.8) is 0 Å². The maximum atomic E-state index is 13.2. The molecule has 3 heterocycles. The first kappa shape index (κ1) is 26.9. The Labute approximate surface area is 223 Å². The third-order valence-corrected chi connectivity index (χ3v) is 7.72. The van der Waals surface area contributed by atoms with Gasteiger partial charge in [0, 0.05) is 50.4 Å². The van der Waals surface area contributed by atoms with E-state index < -0.39 is 23.9 Å². The number of rotatable bonds is 5. The molecule has 4 amide bonds. The number of fused-ring (bicyclic) bond motifs is 1. The second kappa shape index (κ2) is 11.5. The van der Waals surface area contributed by atoms with Gasteiger partial charge in [0.25, 0.3) is 5.91 Å². The van der Waals surface area contributed by atoms with Crippen LogP contribution in [0.25, 0.3) is 0 Å². The first-order chi connectivity index (χ1) is 17.6. The minimum atomic E-state index is -0.949. The zero-order valence-corrected chi connectivity index (χ0v) is 22.4. The highest BCUT2D eigenvalue weighted by Gasteiger charge is 2.37. The van der Waals surface area contributed by atoms with Crippen molar-refractivity contribution in [1.29, 1.82) is 0 Å². The number of carbonyl (C=O) groups excluding carboxylic acids is 4. The molecule has 14 heteroatoms. The quantitative estimate of drug-likeness (QED) is 0.462. The predicted octanol–water partition coefficient (Wildman–Crippen LogP) is 0.685. The second-order valence-electron chi connectivity index (χ2n) is 9.46. The Hall–Kier alpha value is -3.16. The molecule has 2 aromatic rings. The monoisotopic (exact) mass is 548 g/mol. The third-order valence-electron chi connectivity index (χ3n) is 6.44. The van der Waals surface area contributed by atoms with E-state index in [0.29, 0.717) is 24.3 Å². The SMILES string of the molecule is CN1CCc2nc(C(=O)N[C@@H]3C[C@@H](C(=O)N(C)C)CC[C@@H]3NC(=O)C(=O)Nc3ncc(Cl)cn3)sc2C1.